The van der Waals surface area contributed by atoms with Gasteiger partial charge in [0.1, 0.15) is 34.6 Å². The summed E-state index contributed by atoms with van der Waals surface area (Å²) in [6.07, 6.45) is 8.99. The van der Waals surface area contributed by atoms with Gasteiger partial charge in [0.2, 0.25) is 5.79 Å². The number of ketones is 2. The highest BCUT2D eigenvalue weighted by molar-refractivity contribution is 6.05. The Hall–Kier alpha value is -2.94. The highest BCUT2D eigenvalue weighted by Gasteiger charge is 2.80. The van der Waals surface area contributed by atoms with Crippen LogP contribution in [0.5, 0.6) is 0 Å². The van der Waals surface area contributed by atoms with Gasteiger partial charge in [0, 0.05) is 29.1 Å². The molecule has 1 saturated heterocycles. The quantitative estimate of drug-likeness (QED) is 0.262. The van der Waals surface area contributed by atoms with Crippen molar-refractivity contribution in [2.75, 3.05) is 0 Å². The first-order valence-electron chi connectivity index (χ1n) is 12.1. The summed E-state index contributed by atoms with van der Waals surface area (Å²) in [5, 5.41) is 46.0. The third-order valence-electron chi connectivity index (χ3n) is 8.11. The molecule has 6 atom stereocenters. The molecular formula is C28H34O8. The second-order valence-electron chi connectivity index (χ2n) is 10.5. The molecule has 0 spiro atoms. The lowest BCUT2D eigenvalue weighted by atomic mass is 9.53. The minimum atomic E-state index is -2.41. The molecule has 0 aromatic carbocycles. The zero-order chi connectivity index (χ0) is 26.8. The Bertz CT molecular complexity index is 1210. The molecule has 0 amide bonds. The van der Waals surface area contributed by atoms with E-state index in [2.05, 4.69) is 0 Å². The summed E-state index contributed by atoms with van der Waals surface area (Å²) in [5.74, 6) is -5.18. The molecule has 0 bridgehead atoms. The molecule has 8 heteroatoms. The first-order valence-corrected chi connectivity index (χ1v) is 12.1. The Morgan fingerprint density at radius 3 is 2.36 bits per heavy atom. The first kappa shape index (κ1) is 26.1. The van der Waals surface area contributed by atoms with Gasteiger partial charge in [-0.25, -0.2) is 0 Å². The number of aliphatic hydroxyl groups excluding tert-OH is 2. The smallest absolute Gasteiger partial charge is 0.209 e. The molecule has 8 nitrogen and oxygen atoms in total. The van der Waals surface area contributed by atoms with Crippen molar-refractivity contribution < 1.29 is 39.5 Å². The van der Waals surface area contributed by atoms with E-state index in [1.54, 1.807) is 51.2 Å². The molecule has 0 radical (unpaired) electrons. The summed E-state index contributed by atoms with van der Waals surface area (Å²) in [6, 6.07) is 0. The first-order chi connectivity index (χ1) is 16.7. The lowest BCUT2D eigenvalue weighted by Gasteiger charge is -2.54. The second-order valence-corrected chi connectivity index (χ2v) is 10.5. The number of hydrogen-bond donors (Lipinski definition) is 4. The van der Waals surface area contributed by atoms with Crippen LogP contribution in [-0.4, -0.2) is 55.1 Å². The Morgan fingerprint density at radius 2 is 1.75 bits per heavy atom. The second kappa shape index (κ2) is 8.30. The highest BCUT2D eigenvalue weighted by Crippen LogP contribution is 2.69. The standard InChI is InChI=1S/C28H34O8/c1-7-9-10-12-18(29)20-21(31)15(3)23(32)27(6)22(20)26(5)24-17(14-25(4,33)28(26,34)36-27)19(30)13-16(35-24)11-8-2/h7-12,16,22,29,31,33-34H,13-14H2,1-6H3/b9-7+,11-8+,12-10+,20-18+/t16-,22+,25-,26+,27-,28-/m0/s1. The van der Waals surface area contributed by atoms with E-state index in [9.17, 15) is 30.0 Å². The Labute approximate surface area is 210 Å². The summed E-state index contributed by atoms with van der Waals surface area (Å²) in [4.78, 5) is 26.8. The number of fused-ring (bicyclic) bond motifs is 4. The molecule has 0 aromatic heterocycles. The van der Waals surface area contributed by atoms with E-state index in [1.807, 2.05) is 0 Å². The number of carbonyl (C=O) groups excluding carboxylic acids is 2. The lowest BCUT2D eigenvalue weighted by Crippen LogP contribution is -2.66. The third-order valence-corrected chi connectivity index (χ3v) is 8.11. The molecule has 0 saturated carbocycles. The average molecular weight is 499 g/mol. The summed E-state index contributed by atoms with van der Waals surface area (Å²) in [7, 11) is 0. The number of allylic oxidation sites excluding steroid dienone is 6. The van der Waals surface area contributed by atoms with Gasteiger partial charge in [-0.2, -0.15) is 0 Å². The predicted molar refractivity (Wildman–Crippen MR) is 132 cm³/mol. The van der Waals surface area contributed by atoms with Gasteiger partial charge < -0.3 is 29.9 Å². The Kier molecular flexibility index (Phi) is 6.02. The minimum Gasteiger partial charge on any atom is -0.508 e. The number of ether oxygens (including phenoxy) is 2. The van der Waals surface area contributed by atoms with Crippen LogP contribution in [0.25, 0.3) is 0 Å². The Balaban J connectivity index is 2.09. The van der Waals surface area contributed by atoms with Gasteiger partial charge in [-0.15, -0.1) is 0 Å². The molecule has 1 fully saturated rings. The number of carbonyl (C=O) groups is 2. The molecule has 194 valence electrons. The normalized spacial score (nSPS) is 42.3. The van der Waals surface area contributed by atoms with Gasteiger partial charge >= 0.3 is 0 Å². The monoisotopic (exact) mass is 498 g/mol. The molecule has 4 rings (SSSR count). The van der Waals surface area contributed by atoms with E-state index in [4.69, 9.17) is 9.47 Å². The number of aliphatic hydroxyl groups is 4. The van der Waals surface area contributed by atoms with E-state index in [0.29, 0.717) is 0 Å². The van der Waals surface area contributed by atoms with Crippen LogP contribution >= 0.6 is 0 Å². The molecule has 4 N–H and O–H groups in total. The molecular weight excluding hydrogens is 464 g/mol. The average Bonchev–Trinajstić information content (AvgIpc) is 3.00. The highest BCUT2D eigenvalue weighted by atomic mass is 16.7. The van der Waals surface area contributed by atoms with Gasteiger partial charge in [-0.1, -0.05) is 24.3 Å². The summed E-state index contributed by atoms with van der Waals surface area (Å²) in [5.41, 5.74) is -5.44. The van der Waals surface area contributed by atoms with E-state index >= 15 is 0 Å². The van der Waals surface area contributed by atoms with Crippen molar-refractivity contribution in [3.05, 3.63) is 70.5 Å². The fourth-order valence-corrected chi connectivity index (χ4v) is 6.45. The maximum atomic E-state index is 13.6. The molecule has 0 unspecified atom stereocenters. The van der Waals surface area contributed by atoms with Crippen LogP contribution in [0.4, 0.5) is 0 Å². The molecule has 2 heterocycles. The SMILES string of the molecule is C/C=C/C=C/C(O)=C1/C(O)=C(C)C(=O)[C@@]2(C)O[C@@]3(O)[C@@](C)(O)CC4=C(O[C@@H](/C=C/C)CC4=O)[C@@]3(C)[C@@H]12. The molecule has 2 aliphatic heterocycles. The molecule has 0 aromatic rings. The summed E-state index contributed by atoms with van der Waals surface area (Å²) in [6.45, 7) is 9.35. The van der Waals surface area contributed by atoms with Crippen molar-refractivity contribution in [1.29, 1.82) is 0 Å². The van der Waals surface area contributed by atoms with Crippen molar-refractivity contribution in [2.45, 2.75) is 77.5 Å². The van der Waals surface area contributed by atoms with Crippen LogP contribution in [-0.2, 0) is 19.1 Å². The maximum Gasteiger partial charge on any atom is 0.209 e. The van der Waals surface area contributed by atoms with Crippen molar-refractivity contribution in [3.63, 3.8) is 0 Å². The number of hydrogen-bond acceptors (Lipinski definition) is 8. The summed E-state index contributed by atoms with van der Waals surface area (Å²) >= 11 is 0. The molecule has 2 aliphatic carbocycles. The lowest BCUT2D eigenvalue weighted by molar-refractivity contribution is -0.332. The van der Waals surface area contributed by atoms with Gasteiger partial charge in [0.25, 0.3) is 0 Å². The fraction of sp³-hybridized carbons (Fsp3) is 0.500. The van der Waals surface area contributed by atoms with Crippen LogP contribution in [0.2, 0.25) is 0 Å². The topological polar surface area (TPSA) is 134 Å². The number of Topliss-reactive ketones (excluding diaryl/α,β-unsaturated/α-hetero) is 2. The Morgan fingerprint density at radius 1 is 1.08 bits per heavy atom. The van der Waals surface area contributed by atoms with Gasteiger partial charge in [-0.3, -0.25) is 9.59 Å². The van der Waals surface area contributed by atoms with E-state index in [0.717, 1.165) is 0 Å². The van der Waals surface area contributed by atoms with Crippen LogP contribution in [0.3, 0.4) is 0 Å². The van der Waals surface area contributed by atoms with Gasteiger partial charge in [0.05, 0.1) is 11.8 Å². The minimum absolute atomic E-state index is 0.0393. The fourth-order valence-electron chi connectivity index (χ4n) is 6.45. The van der Waals surface area contributed by atoms with Gasteiger partial charge in [0.15, 0.2) is 11.6 Å². The zero-order valence-corrected chi connectivity index (χ0v) is 21.5. The maximum absolute atomic E-state index is 13.6. The summed E-state index contributed by atoms with van der Waals surface area (Å²) < 4.78 is 12.4. The van der Waals surface area contributed by atoms with Crippen LogP contribution < -0.4 is 0 Å². The van der Waals surface area contributed by atoms with Crippen molar-refractivity contribution in [1.82, 2.24) is 0 Å². The number of rotatable bonds is 3. The van der Waals surface area contributed by atoms with E-state index in [1.165, 1.54) is 26.8 Å². The zero-order valence-electron chi connectivity index (χ0n) is 21.5. The van der Waals surface area contributed by atoms with Crippen LogP contribution in [0.1, 0.15) is 54.4 Å². The molecule has 36 heavy (non-hydrogen) atoms. The van der Waals surface area contributed by atoms with E-state index < -0.39 is 46.0 Å². The van der Waals surface area contributed by atoms with Crippen molar-refractivity contribution in [2.24, 2.45) is 11.3 Å². The largest absolute Gasteiger partial charge is 0.508 e. The van der Waals surface area contributed by atoms with E-state index in [-0.39, 0.29) is 46.9 Å². The van der Waals surface area contributed by atoms with Crippen LogP contribution in [0.15, 0.2) is 70.5 Å². The van der Waals surface area contributed by atoms with Crippen molar-refractivity contribution in [3.8, 4) is 0 Å². The predicted octanol–water partition coefficient (Wildman–Crippen LogP) is 3.79. The van der Waals surface area contributed by atoms with Crippen LogP contribution in [0, 0.1) is 11.3 Å². The van der Waals surface area contributed by atoms with Crippen molar-refractivity contribution >= 4 is 11.6 Å². The molecule has 4 aliphatic rings. The third kappa shape index (κ3) is 3.17. The van der Waals surface area contributed by atoms with Gasteiger partial charge in [-0.05, 0) is 53.7 Å².